The van der Waals surface area contributed by atoms with Gasteiger partial charge in [-0.25, -0.2) is 4.39 Å². The van der Waals surface area contributed by atoms with Crippen molar-refractivity contribution in [2.75, 3.05) is 11.9 Å². The van der Waals surface area contributed by atoms with Crippen molar-refractivity contribution in [2.24, 2.45) is 5.92 Å². The van der Waals surface area contributed by atoms with Gasteiger partial charge in [0.15, 0.2) is 0 Å². The number of nitrogens with zero attached hydrogens (tertiary/aromatic N) is 1. The summed E-state index contributed by atoms with van der Waals surface area (Å²) in [5, 5.41) is 0. The number of benzene rings is 2. The molecule has 1 fully saturated rings. The lowest BCUT2D eigenvalue weighted by molar-refractivity contribution is -0.131. The summed E-state index contributed by atoms with van der Waals surface area (Å²) in [5.74, 6) is -0.505. The first-order valence-corrected chi connectivity index (χ1v) is 7.83. The second kappa shape index (κ2) is 6.92. The van der Waals surface area contributed by atoms with Crippen molar-refractivity contribution in [2.45, 2.75) is 25.6 Å². The minimum atomic E-state index is -0.375. The predicted octanol–water partition coefficient (Wildman–Crippen LogP) is 3.78. The van der Waals surface area contributed by atoms with Crippen LogP contribution in [0.4, 0.5) is 10.1 Å². The standard InChI is InChI=1S/C19H20FNO2/c1-21(18-10-6-5-9-17(18)20)19(22)15-11-16(12-15)23-13-14-7-3-2-4-8-14/h2-10,15-16H,11-13H2,1H3. The van der Waals surface area contributed by atoms with Gasteiger partial charge in [-0.3, -0.25) is 4.79 Å². The van der Waals surface area contributed by atoms with Gasteiger partial charge in [-0.2, -0.15) is 0 Å². The number of para-hydroxylation sites is 1. The summed E-state index contributed by atoms with van der Waals surface area (Å²) in [7, 11) is 1.62. The van der Waals surface area contributed by atoms with E-state index in [0.717, 1.165) is 5.56 Å². The van der Waals surface area contributed by atoms with Gasteiger partial charge in [0.05, 0.1) is 18.4 Å². The number of rotatable bonds is 5. The van der Waals surface area contributed by atoms with E-state index >= 15 is 0 Å². The molecule has 3 rings (SSSR count). The van der Waals surface area contributed by atoms with Crippen LogP contribution < -0.4 is 4.90 Å². The van der Waals surface area contributed by atoms with Crippen LogP contribution in [0, 0.1) is 11.7 Å². The zero-order valence-electron chi connectivity index (χ0n) is 13.1. The van der Waals surface area contributed by atoms with E-state index in [4.69, 9.17) is 4.74 Å². The molecule has 0 saturated heterocycles. The molecule has 0 aliphatic heterocycles. The van der Waals surface area contributed by atoms with Gasteiger partial charge < -0.3 is 9.64 Å². The second-order valence-electron chi connectivity index (χ2n) is 5.94. The van der Waals surface area contributed by atoms with Crippen LogP contribution in [0.1, 0.15) is 18.4 Å². The van der Waals surface area contributed by atoms with Crippen molar-refractivity contribution in [1.82, 2.24) is 0 Å². The maximum absolute atomic E-state index is 13.8. The molecule has 120 valence electrons. The Morgan fingerprint density at radius 1 is 1.13 bits per heavy atom. The highest BCUT2D eigenvalue weighted by Crippen LogP contribution is 2.33. The zero-order valence-corrected chi connectivity index (χ0v) is 13.1. The van der Waals surface area contributed by atoms with E-state index in [1.165, 1.54) is 11.0 Å². The smallest absolute Gasteiger partial charge is 0.230 e. The van der Waals surface area contributed by atoms with Crippen molar-refractivity contribution in [1.29, 1.82) is 0 Å². The molecular formula is C19H20FNO2. The van der Waals surface area contributed by atoms with Gasteiger partial charge in [0, 0.05) is 13.0 Å². The summed E-state index contributed by atoms with van der Waals surface area (Å²) in [6.07, 6.45) is 1.51. The summed E-state index contributed by atoms with van der Waals surface area (Å²) < 4.78 is 19.6. The third-order valence-electron chi connectivity index (χ3n) is 4.32. The lowest BCUT2D eigenvalue weighted by Gasteiger charge is -2.36. The van der Waals surface area contributed by atoms with E-state index in [1.807, 2.05) is 30.3 Å². The summed E-state index contributed by atoms with van der Waals surface area (Å²) in [5.41, 5.74) is 1.46. The molecule has 0 N–H and O–H groups in total. The first kappa shape index (κ1) is 15.7. The van der Waals surface area contributed by atoms with Crippen molar-refractivity contribution in [3.05, 3.63) is 66.0 Å². The summed E-state index contributed by atoms with van der Waals surface area (Å²) in [6, 6.07) is 16.3. The number of ether oxygens (including phenoxy) is 1. The zero-order chi connectivity index (χ0) is 16.2. The van der Waals surface area contributed by atoms with Crippen LogP contribution in [0.5, 0.6) is 0 Å². The number of carbonyl (C=O) groups excluding carboxylic acids is 1. The molecule has 4 heteroatoms. The monoisotopic (exact) mass is 313 g/mol. The number of amides is 1. The molecule has 0 heterocycles. The van der Waals surface area contributed by atoms with E-state index < -0.39 is 0 Å². The molecule has 0 unspecified atom stereocenters. The molecule has 3 nitrogen and oxygen atoms in total. The lowest BCUT2D eigenvalue weighted by Crippen LogP contribution is -2.43. The predicted molar refractivity (Wildman–Crippen MR) is 87.6 cm³/mol. The Kier molecular flexibility index (Phi) is 4.72. The van der Waals surface area contributed by atoms with Crippen molar-refractivity contribution in [3.63, 3.8) is 0 Å². The molecule has 0 bridgehead atoms. The number of hydrogen-bond acceptors (Lipinski definition) is 2. The molecule has 0 atom stereocenters. The highest BCUT2D eigenvalue weighted by Gasteiger charge is 2.37. The van der Waals surface area contributed by atoms with Crippen LogP contribution in [0.25, 0.3) is 0 Å². The van der Waals surface area contributed by atoms with E-state index in [0.29, 0.717) is 25.1 Å². The first-order chi connectivity index (χ1) is 11.1. The van der Waals surface area contributed by atoms with Crippen molar-refractivity contribution < 1.29 is 13.9 Å². The average molecular weight is 313 g/mol. The van der Waals surface area contributed by atoms with Crippen molar-refractivity contribution >= 4 is 11.6 Å². The van der Waals surface area contributed by atoms with Crippen LogP contribution in [0.2, 0.25) is 0 Å². The largest absolute Gasteiger partial charge is 0.373 e. The maximum atomic E-state index is 13.8. The van der Waals surface area contributed by atoms with E-state index in [-0.39, 0.29) is 23.7 Å². The molecular weight excluding hydrogens is 293 g/mol. The number of hydrogen-bond donors (Lipinski definition) is 0. The maximum Gasteiger partial charge on any atom is 0.230 e. The first-order valence-electron chi connectivity index (χ1n) is 7.83. The Bertz CT molecular complexity index is 668. The fraction of sp³-hybridized carbons (Fsp3) is 0.316. The number of carbonyl (C=O) groups is 1. The fourth-order valence-electron chi connectivity index (χ4n) is 2.81. The summed E-state index contributed by atoms with van der Waals surface area (Å²) in [6.45, 7) is 0.565. The van der Waals surface area contributed by atoms with Gasteiger partial charge in [-0.15, -0.1) is 0 Å². The molecule has 0 aromatic heterocycles. The normalized spacial score (nSPS) is 19.9. The van der Waals surface area contributed by atoms with Gasteiger partial charge in [0.1, 0.15) is 5.82 Å². The highest BCUT2D eigenvalue weighted by molar-refractivity contribution is 5.95. The van der Waals surface area contributed by atoms with Gasteiger partial charge in [-0.05, 0) is 30.5 Å². The van der Waals surface area contributed by atoms with Gasteiger partial charge in [-0.1, -0.05) is 42.5 Å². The molecule has 23 heavy (non-hydrogen) atoms. The Hall–Kier alpha value is -2.20. The molecule has 0 radical (unpaired) electrons. The Morgan fingerprint density at radius 2 is 1.78 bits per heavy atom. The third-order valence-corrected chi connectivity index (χ3v) is 4.32. The molecule has 1 aliphatic carbocycles. The lowest BCUT2D eigenvalue weighted by atomic mass is 9.81. The van der Waals surface area contributed by atoms with Crippen LogP contribution in [-0.2, 0) is 16.1 Å². The van der Waals surface area contributed by atoms with Crippen LogP contribution in [-0.4, -0.2) is 19.1 Å². The quantitative estimate of drug-likeness (QED) is 0.840. The molecule has 2 aromatic rings. The molecule has 1 saturated carbocycles. The molecule has 2 aromatic carbocycles. The van der Waals surface area contributed by atoms with Crippen LogP contribution in [0.3, 0.4) is 0 Å². The number of anilines is 1. The van der Waals surface area contributed by atoms with E-state index in [2.05, 4.69) is 0 Å². The molecule has 0 spiro atoms. The van der Waals surface area contributed by atoms with Gasteiger partial charge >= 0.3 is 0 Å². The SMILES string of the molecule is CN(C(=O)C1CC(OCc2ccccc2)C1)c1ccccc1F. The minimum absolute atomic E-state index is 0.0466. The van der Waals surface area contributed by atoms with E-state index in [1.54, 1.807) is 25.2 Å². The fourth-order valence-corrected chi connectivity index (χ4v) is 2.81. The topological polar surface area (TPSA) is 29.5 Å². The van der Waals surface area contributed by atoms with E-state index in [9.17, 15) is 9.18 Å². The Labute approximate surface area is 135 Å². The molecule has 1 aliphatic rings. The molecule has 1 amide bonds. The Balaban J connectivity index is 1.49. The minimum Gasteiger partial charge on any atom is -0.373 e. The average Bonchev–Trinajstić information content (AvgIpc) is 2.54. The Morgan fingerprint density at radius 3 is 2.48 bits per heavy atom. The number of halogens is 1. The summed E-state index contributed by atoms with van der Waals surface area (Å²) >= 11 is 0. The second-order valence-corrected chi connectivity index (χ2v) is 5.94. The van der Waals surface area contributed by atoms with Crippen LogP contribution >= 0.6 is 0 Å². The van der Waals surface area contributed by atoms with Gasteiger partial charge in [0.25, 0.3) is 0 Å². The van der Waals surface area contributed by atoms with Crippen molar-refractivity contribution in [3.8, 4) is 0 Å². The van der Waals surface area contributed by atoms with Crippen LogP contribution in [0.15, 0.2) is 54.6 Å². The van der Waals surface area contributed by atoms with Gasteiger partial charge in [0.2, 0.25) is 5.91 Å². The highest BCUT2D eigenvalue weighted by atomic mass is 19.1. The summed E-state index contributed by atoms with van der Waals surface area (Å²) in [4.78, 5) is 13.8. The third kappa shape index (κ3) is 3.59.